The van der Waals surface area contributed by atoms with Crippen molar-refractivity contribution in [1.29, 1.82) is 0 Å². The normalized spacial score (nSPS) is 20.9. The van der Waals surface area contributed by atoms with Gasteiger partial charge in [-0.1, -0.05) is 32.1 Å². The van der Waals surface area contributed by atoms with Crippen LogP contribution >= 0.6 is 11.3 Å². The summed E-state index contributed by atoms with van der Waals surface area (Å²) in [7, 11) is -1.93. The number of alkyl halides is 1. The Bertz CT molecular complexity index is 1710. The molecule has 1 aromatic carbocycles. The average molecular weight is 728 g/mol. The Labute approximate surface area is 298 Å². The summed E-state index contributed by atoms with van der Waals surface area (Å²) < 4.78 is 41.1. The summed E-state index contributed by atoms with van der Waals surface area (Å²) >= 11 is 1.28. The molecule has 3 aromatic rings. The van der Waals surface area contributed by atoms with Gasteiger partial charge in [0.1, 0.15) is 24.6 Å². The molecule has 2 aromatic heterocycles. The van der Waals surface area contributed by atoms with Gasteiger partial charge in [-0.2, -0.15) is 0 Å². The number of ether oxygens (including phenoxy) is 3. The summed E-state index contributed by atoms with van der Waals surface area (Å²) in [5.41, 5.74) is -0.464. The molecule has 0 radical (unpaired) electrons. The van der Waals surface area contributed by atoms with Gasteiger partial charge in [-0.25, -0.2) is 24.1 Å². The summed E-state index contributed by atoms with van der Waals surface area (Å²) in [6.07, 6.45) is 7.71. The third-order valence-corrected chi connectivity index (χ3v) is 15.3. The Morgan fingerprint density at radius 1 is 1.04 bits per heavy atom. The summed E-state index contributed by atoms with van der Waals surface area (Å²) in [5.74, 6) is 0.948. The topological polar surface area (TPSA) is 125 Å². The van der Waals surface area contributed by atoms with Crippen LogP contribution < -0.4 is 10.1 Å². The standard InChI is InChI=1S/C36H50FN5O6SSi/c1-34(2,3)47-33(44)42-19-36(37,20-42)21-46-29-24(14-15-25-30(29)49-32(40-25)41-31(43)22-12-13-22)23-16-38-28(39-17-23)18-45-26-10-9-11-27(26)48-50(7,8)35(4,5)6/h14-17,22,26-27H,9-13,18-21H2,1-8H3,(H,40,41,43)/t26-,27-/m0/s1. The first-order valence-corrected chi connectivity index (χ1v) is 21.3. The number of nitrogens with one attached hydrogen (secondary N) is 1. The number of halogens is 1. The highest BCUT2D eigenvalue weighted by atomic mass is 32.1. The molecule has 1 N–H and O–H groups in total. The second-order valence-corrected chi connectivity index (χ2v) is 22.2. The minimum Gasteiger partial charge on any atom is -0.488 e. The quantitative estimate of drug-likeness (QED) is 0.196. The highest BCUT2D eigenvalue weighted by Gasteiger charge is 2.48. The molecule has 2 atom stereocenters. The van der Waals surface area contributed by atoms with Crippen LogP contribution in [0.25, 0.3) is 21.3 Å². The zero-order chi connectivity index (χ0) is 36.1. The lowest BCUT2D eigenvalue weighted by molar-refractivity contribution is -0.117. The van der Waals surface area contributed by atoms with Gasteiger partial charge in [0.2, 0.25) is 5.91 Å². The summed E-state index contributed by atoms with van der Waals surface area (Å²) in [6.45, 7) is 16.3. The molecule has 2 aliphatic carbocycles. The summed E-state index contributed by atoms with van der Waals surface area (Å²) in [6, 6.07) is 3.69. The monoisotopic (exact) mass is 727 g/mol. The fourth-order valence-electron chi connectivity index (χ4n) is 5.85. The Hall–Kier alpha value is -3.20. The number of aromatic nitrogens is 3. The highest BCUT2D eigenvalue weighted by Crippen LogP contribution is 2.43. The predicted octanol–water partition coefficient (Wildman–Crippen LogP) is 7.90. The molecule has 1 saturated heterocycles. The first-order chi connectivity index (χ1) is 23.4. The molecular formula is C36H50FN5O6SSi. The van der Waals surface area contributed by atoms with Crippen LogP contribution in [0.15, 0.2) is 24.5 Å². The number of nitrogens with zero attached hydrogens (tertiary/aromatic N) is 4. The second kappa shape index (κ2) is 13.7. The van der Waals surface area contributed by atoms with E-state index >= 15 is 4.39 Å². The second-order valence-electron chi connectivity index (χ2n) is 16.4. The van der Waals surface area contributed by atoms with Crippen LogP contribution in [0.1, 0.15) is 79.5 Å². The fourth-order valence-corrected chi connectivity index (χ4v) is 8.20. The lowest BCUT2D eigenvalue weighted by Gasteiger charge is -2.44. The van der Waals surface area contributed by atoms with E-state index in [-0.39, 0.29) is 55.4 Å². The van der Waals surface area contributed by atoms with Gasteiger partial charge in [0, 0.05) is 29.4 Å². The number of likely N-dealkylation sites (tertiary alicyclic amines) is 1. The first kappa shape index (κ1) is 36.6. The summed E-state index contributed by atoms with van der Waals surface area (Å²) in [5, 5.41) is 3.50. The van der Waals surface area contributed by atoms with Crippen LogP contribution in [0.2, 0.25) is 18.1 Å². The number of fused-ring (bicyclic) bond motifs is 1. The van der Waals surface area contributed by atoms with Gasteiger partial charge in [0.25, 0.3) is 0 Å². The van der Waals surface area contributed by atoms with E-state index in [1.54, 1.807) is 33.2 Å². The van der Waals surface area contributed by atoms with Crippen LogP contribution in [0.5, 0.6) is 5.75 Å². The Morgan fingerprint density at radius 2 is 1.72 bits per heavy atom. The third-order valence-electron chi connectivity index (χ3n) is 9.85. The Morgan fingerprint density at radius 3 is 2.36 bits per heavy atom. The molecule has 3 aliphatic rings. The van der Waals surface area contributed by atoms with Crippen LogP contribution in [-0.4, -0.2) is 83.3 Å². The molecule has 0 spiro atoms. The molecule has 11 nitrogen and oxygen atoms in total. The van der Waals surface area contributed by atoms with Crippen LogP contribution in [0.3, 0.4) is 0 Å². The van der Waals surface area contributed by atoms with E-state index in [1.807, 2.05) is 12.1 Å². The van der Waals surface area contributed by atoms with Gasteiger partial charge in [-0.3, -0.25) is 4.79 Å². The molecule has 50 heavy (non-hydrogen) atoms. The maximum absolute atomic E-state index is 15.8. The number of rotatable bonds is 11. The molecule has 1 aliphatic heterocycles. The van der Waals surface area contributed by atoms with E-state index in [2.05, 4.69) is 54.1 Å². The zero-order valence-electron chi connectivity index (χ0n) is 30.4. The van der Waals surface area contributed by atoms with Gasteiger partial charge >= 0.3 is 6.09 Å². The van der Waals surface area contributed by atoms with E-state index in [4.69, 9.17) is 18.6 Å². The molecule has 0 unspecified atom stereocenters. The number of benzene rings is 1. The van der Waals surface area contributed by atoms with E-state index in [0.717, 1.165) is 32.1 Å². The molecule has 2 amide bonds. The van der Waals surface area contributed by atoms with Gasteiger partial charge in [-0.15, -0.1) is 0 Å². The smallest absolute Gasteiger partial charge is 0.410 e. The number of carbonyl (C=O) groups excluding carboxylic acids is 2. The third kappa shape index (κ3) is 8.46. The van der Waals surface area contributed by atoms with Crippen molar-refractivity contribution in [2.45, 2.75) is 122 Å². The molecule has 3 fully saturated rings. The number of thiazole rings is 1. The van der Waals surface area contributed by atoms with E-state index in [9.17, 15) is 9.59 Å². The molecule has 3 heterocycles. The average Bonchev–Trinajstić information content (AvgIpc) is 3.65. The van der Waals surface area contributed by atoms with Crippen molar-refractivity contribution in [2.24, 2.45) is 5.92 Å². The minimum absolute atomic E-state index is 0.00140. The van der Waals surface area contributed by atoms with Crippen LogP contribution in [0.4, 0.5) is 14.3 Å². The van der Waals surface area contributed by atoms with Crippen LogP contribution in [0, 0.1) is 5.92 Å². The summed E-state index contributed by atoms with van der Waals surface area (Å²) in [4.78, 5) is 40.1. The lowest BCUT2D eigenvalue weighted by atomic mass is 9.98. The number of hydrogen-bond donors (Lipinski definition) is 1. The van der Waals surface area contributed by atoms with E-state index in [1.165, 1.54) is 16.2 Å². The predicted molar refractivity (Wildman–Crippen MR) is 194 cm³/mol. The molecule has 14 heteroatoms. The molecule has 272 valence electrons. The molecular weight excluding hydrogens is 678 g/mol. The lowest BCUT2D eigenvalue weighted by Crippen LogP contribution is -2.64. The van der Waals surface area contributed by atoms with E-state index < -0.39 is 25.7 Å². The molecule has 2 saturated carbocycles. The van der Waals surface area contributed by atoms with Crippen molar-refractivity contribution in [3.63, 3.8) is 0 Å². The zero-order valence-corrected chi connectivity index (χ0v) is 32.2. The van der Waals surface area contributed by atoms with Crippen molar-refractivity contribution in [2.75, 3.05) is 25.0 Å². The fraction of sp³-hybridized carbons (Fsp3) is 0.639. The van der Waals surface area contributed by atoms with Crippen LogP contribution in [-0.2, 0) is 25.3 Å². The number of amides is 2. The maximum atomic E-state index is 15.8. The number of hydrogen-bond acceptors (Lipinski definition) is 10. The van der Waals surface area contributed by atoms with Crippen molar-refractivity contribution < 1.29 is 32.6 Å². The molecule has 0 bridgehead atoms. The Kier molecular flexibility index (Phi) is 10.1. The van der Waals surface area contributed by atoms with E-state index in [0.29, 0.717) is 38.0 Å². The van der Waals surface area contributed by atoms with Crippen molar-refractivity contribution in [3.05, 3.63) is 30.4 Å². The number of anilines is 1. The molecule has 6 rings (SSSR count). The van der Waals surface area contributed by atoms with Gasteiger partial charge in [-0.05, 0) is 83.1 Å². The van der Waals surface area contributed by atoms with Gasteiger partial charge in [0.15, 0.2) is 24.9 Å². The highest BCUT2D eigenvalue weighted by molar-refractivity contribution is 7.22. The largest absolute Gasteiger partial charge is 0.488 e. The maximum Gasteiger partial charge on any atom is 0.410 e. The first-order valence-electron chi connectivity index (χ1n) is 17.5. The SMILES string of the molecule is CC(C)(C)OC(=O)N1CC(F)(COc2c(-c3cnc(CO[C@H]4CCC[C@@H]4O[Si](C)(C)C(C)(C)C)nc3)ccc3nc(NC(=O)C4CC4)sc23)C1. The van der Waals surface area contributed by atoms with Gasteiger partial charge in [0.05, 0.1) is 35.5 Å². The van der Waals surface area contributed by atoms with Crippen molar-refractivity contribution >= 4 is 47.0 Å². The Balaban J connectivity index is 1.17. The van der Waals surface area contributed by atoms with Crippen molar-refractivity contribution in [3.8, 4) is 16.9 Å². The number of carbonyl (C=O) groups is 2. The van der Waals surface area contributed by atoms with Crippen molar-refractivity contribution in [1.82, 2.24) is 19.9 Å². The van der Waals surface area contributed by atoms with Gasteiger partial charge < -0.3 is 28.9 Å². The minimum atomic E-state index is -1.93.